The summed E-state index contributed by atoms with van der Waals surface area (Å²) in [5.41, 5.74) is 1.22. The molecular formula is C21H21N3O5. The van der Waals surface area contributed by atoms with Crippen molar-refractivity contribution in [2.75, 3.05) is 21.3 Å². The highest BCUT2D eigenvalue weighted by molar-refractivity contribution is 5.92. The fraction of sp³-hybridized carbons (Fsp3) is 0.190. The maximum Gasteiger partial charge on any atom is 0.269 e. The highest BCUT2D eigenvalue weighted by atomic mass is 16.5. The lowest BCUT2D eigenvalue weighted by atomic mass is 10.2. The SMILES string of the molecule is CNC(=O)c1cc(Oc2cnc(OCc3ccc(OC)cc3)c(OC)c2)ccn1. The van der Waals surface area contributed by atoms with Crippen LogP contribution in [0.5, 0.6) is 28.9 Å². The number of benzene rings is 1. The number of ether oxygens (including phenoxy) is 4. The predicted octanol–water partition coefficient (Wildman–Crippen LogP) is 3.22. The van der Waals surface area contributed by atoms with E-state index in [2.05, 4.69) is 15.3 Å². The minimum Gasteiger partial charge on any atom is -0.497 e. The largest absolute Gasteiger partial charge is 0.497 e. The van der Waals surface area contributed by atoms with E-state index < -0.39 is 0 Å². The van der Waals surface area contributed by atoms with Crippen LogP contribution in [0, 0.1) is 0 Å². The molecule has 1 N–H and O–H groups in total. The van der Waals surface area contributed by atoms with Gasteiger partial charge in [0.05, 0.1) is 20.4 Å². The van der Waals surface area contributed by atoms with E-state index in [0.29, 0.717) is 29.7 Å². The topological polar surface area (TPSA) is 91.8 Å². The molecule has 8 nitrogen and oxygen atoms in total. The summed E-state index contributed by atoms with van der Waals surface area (Å²) in [7, 11) is 4.68. The fourth-order valence-corrected chi connectivity index (χ4v) is 2.46. The van der Waals surface area contributed by atoms with Crippen LogP contribution < -0.4 is 24.3 Å². The molecule has 0 saturated carbocycles. The lowest BCUT2D eigenvalue weighted by molar-refractivity contribution is 0.0958. The Morgan fingerprint density at radius 1 is 0.966 bits per heavy atom. The van der Waals surface area contributed by atoms with E-state index >= 15 is 0 Å². The van der Waals surface area contributed by atoms with Crippen molar-refractivity contribution in [3.8, 4) is 28.9 Å². The van der Waals surface area contributed by atoms with Crippen LogP contribution in [-0.2, 0) is 6.61 Å². The molecule has 0 unspecified atom stereocenters. The molecule has 0 spiro atoms. The quantitative estimate of drug-likeness (QED) is 0.626. The van der Waals surface area contributed by atoms with Crippen LogP contribution in [0.1, 0.15) is 16.1 Å². The predicted molar refractivity (Wildman–Crippen MR) is 106 cm³/mol. The summed E-state index contributed by atoms with van der Waals surface area (Å²) in [4.78, 5) is 20.0. The summed E-state index contributed by atoms with van der Waals surface area (Å²) >= 11 is 0. The minimum atomic E-state index is -0.298. The first-order chi connectivity index (χ1) is 14.1. The van der Waals surface area contributed by atoms with Gasteiger partial charge < -0.3 is 24.3 Å². The number of methoxy groups -OCH3 is 2. The first-order valence-electron chi connectivity index (χ1n) is 8.78. The standard InChI is InChI=1S/C21H21N3O5/c1-22-20(25)18-10-16(8-9-23-18)29-17-11-19(27-3)21(24-12-17)28-13-14-4-6-15(26-2)7-5-14/h4-12H,13H2,1-3H3,(H,22,25). The van der Waals surface area contributed by atoms with Gasteiger partial charge in [-0.15, -0.1) is 0 Å². The first kappa shape index (κ1) is 19.9. The second-order valence-electron chi connectivity index (χ2n) is 5.87. The van der Waals surface area contributed by atoms with E-state index in [1.54, 1.807) is 25.3 Å². The number of nitrogens with zero attached hydrogens (tertiary/aromatic N) is 2. The Morgan fingerprint density at radius 3 is 2.45 bits per heavy atom. The molecular weight excluding hydrogens is 374 g/mol. The van der Waals surface area contributed by atoms with Crippen LogP contribution in [0.4, 0.5) is 0 Å². The first-order valence-corrected chi connectivity index (χ1v) is 8.78. The van der Waals surface area contributed by atoms with Crippen molar-refractivity contribution in [3.63, 3.8) is 0 Å². The van der Waals surface area contributed by atoms with Gasteiger partial charge in [0.1, 0.15) is 29.5 Å². The molecule has 3 aromatic rings. The summed E-state index contributed by atoms with van der Waals surface area (Å²) in [6.07, 6.45) is 3.02. The van der Waals surface area contributed by atoms with Crippen molar-refractivity contribution in [1.29, 1.82) is 0 Å². The molecule has 29 heavy (non-hydrogen) atoms. The van der Waals surface area contributed by atoms with Crippen LogP contribution in [0.15, 0.2) is 54.9 Å². The molecule has 0 bridgehead atoms. The Balaban J connectivity index is 1.70. The molecule has 150 valence electrons. The van der Waals surface area contributed by atoms with E-state index in [9.17, 15) is 4.79 Å². The molecule has 0 aliphatic rings. The number of rotatable bonds is 8. The van der Waals surface area contributed by atoms with Crippen molar-refractivity contribution in [2.24, 2.45) is 0 Å². The summed E-state index contributed by atoms with van der Waals surface area (Å²) in [5.74, 6) is 2.14. The highest BCUT2D eigenvalue weighted by Gasteiger charge is 2.11. The summed E-state index contributed by atoms with van der Waals surface area (Å²) in [6, 6.07) is 12.4. The van der Waals surface area contributed by atoms with Gasteiger partial charge >= 0.3 is 0 Å². The van der Waals surface area contributed by atoms with Gasteiger partial charge in [0.15, 0.2) is 5.75 Å². The Labute approximate surface area is 168 Å². The Hall–Kier alpha value is -3.81. The summed E-state index contributed by atoms with van der Waals surface area (Å²) in [5, 5.41) is 2.52. The Morgan fingerprint density at radius 2 is 1.76 bits per heavy atom. The van der Waals surface area contributed by atoms with Crippen molar-refractivity contribution < 1.29 is 23.7 Å². The number of hydrogen-bond donors (Lipinski definition) is 1. The van der Waals surface area contributed by atoms with E-state index in [1.807, 2.05) is 24.3 Å². The van der Waals surface area contributed by atoms with Gasteiger partial charge in [0.2, 0.25) is 0 Å². The molecule has 0 aliphatic carbocycles. The van der Waals surface area contributed by atoms with Crippen molar-refractivity contribution in [2.45, 2.75) is 6.61 Å². The maximum atomic E-state index is 11.7. The van der Waals surface area contributed by atoms with Gasteiger partial charge in [-0.3, -0.25) is 9.78 Å². The van der Waals surface area contributed by atoms with Gasteiger partial charge in [0.25, 0.3) is 11.8 Å². The smallest absolute Gasteiger partial charge is 0.269 e. The molecule has 2 heterocycles. The van der Waals surface area contributed by atoms with Crippen LogP contribution in [0.25, 0.3) is 0 Å². The van der Waals surface area contributed by atoms with Crippen LogP contribution >= 0.6 is 0 Å². The Bertz CT molecular complexity index is 976. The van der Waals surface area contributed by atoms with Gasteiger partial charge in [-0.1, -0.05) is 12.1 Å². The molecule has 1 aromatic carbocycles. The van der Waals surface area contributed by atoms with Gasteiger partial charge in [-0.05, 0) is 23.8 Å². The molecule has 1 amide bonds. The number of aromatic nitrogens is 2. The lowest BCUT2D eigenvalue weighted by Gasteiger charge is -2.12. The van der Waals surface area contributed by atoms with Gasteiger partial charge in [-0.25, -0.2) is 4.98 Å². The number of amides is 1. The van der Waals surface area contributed by atoms with Crippen LogP contribution in [0.3, 0.4) is 0 Å². The van der Waals surface area contributed by atoms with Crippen LogP contribution in [0.2, 0.25) is 0 Å². The maximum absolute atomic E-state index is 11.7. The van der Waals surface area contributed by atoms with Gasteiger partial charge in [0, 0.05) is 25.4 Å². The third kappa shape index (κ3) is 5.13. The summed E-state index contributed by atoms with van der Waals surface area (Å²) in [6.45, 7) is 0.327. The van der Waals surface area contributed by atoms with E-state index in [4.69, 9.17) is 18.9 Å². The van der Waals surface area contributed by atoms with Crippen molar-refractivity contribution in [3.05, 3.63) is 66.1 Å². The zero-order valence-electron chi connectivity index (χ0n) is 16.3. The third-order valence-electron chi connectivity index (χ3n) is 3.97. The number of carbonyl (C=O) groups is 1. The van der Waals surface area contributed by atoms with E-state index in [1.165, 1.54) is 26.6 Å². The van der Waals surface area contributed by atoms with Crippen LogP contribution in [-0.4, -0.2) is 37.1 Å². The number of carbonyl (C=O) groups excluding carboxylic acids is 1. The zero-order valence-corrected chi connectivity index (χ0v) is 16.3. The number of nitrogens with one attached hydrogen (secondary N) is 1. The monoisotopic (exact) mass is 395 g/mol. The third-order valence-corrected chi connectivity index (χ3v) is 3.97. The van der Waals surface area contributed by atoms with Crippen molar-refractivity contribution in [1.82, 2.24) is 15.3 Å². The lowest BCUT2D eigenvalue weighted by Crippen LogP contribution is -2.18. The zero-order chi connectivity index (χ0) is 20.6. The average molecular weight is 395 g/mol. The number of pyridine rings is 2. The molecule has 0 fully saturated rings. The summed E-state index contributed by atoms with van der Waals surface area (Å²) < 4.78 is 22.0. The molecule has 0 atom stereocenters. The van der Waals surface area contributed by atoms with E-state index in [0.717, 1.165) is 11.3 Å². The molecule has 2 aromatic heterocycles. The molecule has 3 rings (SSSR count). The van der Waals surface area contributed by atoms with Crippen molar-refractivity contribution >= 4 is 5.91 Å². The average Bonchev–Trinajstić information content (AvgIpc) is 2.78. The molecule has 0 aliphatic heterocycles. The second-order valence-corrected chi connectivity index (χ2v) is 5.87. The normalized spacial score (nSPS) is 10.2. The Kier molecular flexibility index (Phi) is 6.47. The molecule has 8 heteroatoms. The highest BCUT2D eigenvalue weighted by Crippen LogP contribution is 2.31. The molecule has 0 saturated heterocycles. The van der Waals surface area contributed by atoms with Gasteiger partial charge in [-0.2, -0.15) is 0 Å². The second kappa shape index (κ2) is 9.41. The van der Waals surface area contributed by atoms with E-state index in [-0.39, 0.29) is 11.6 Å². The number of hydrogen-bond acceptors (Lipinski definition) is 7. The fourth-order valence-electron chi connectivity index (χ4n) is 2.46. The minimum absolute atomic E-state index is 0.254. The molecule has 0 radical (unpaired) electrons.